The second-order valence-electron chi connectivity index (χ2n) is 14.1. The minimum absolute atomic E-state index is 0.0261. The van der Waals surface area contributed by atoms with Crippen LogP contribution in [0, 0.1) is 23.2 Å². The first-order valence-corrected chi connectivity index (χ1v) is 16.3. The van der Waals surface area contributed by atoms with E-state index < -0.39 is 48.4 Å². The van der Waals surface area contributed by atoms with Gasteiger partial charge in [0.05, 0.1) is 12.1 Å². The Morgan fingerprint density at radius 2 is 1.77 bits per heavy atom. The highest BCUT2D eigenvalue weighted by Gasteiger charge is 2.52. The van der Waals surface area contributed by atoms with Crippen molar-refractivity contribution < 1.29 is 28.9 Å². The normalized spacial score (nSPS) is 27.3. The lowest BCUT2D eigenvalue weighted by molar-refractivity contribution is -0.145. The molecule has 4 N–H and O–H groups in total. The third kappa shape index (κ3) is 7.25. The van der Waals surface area contributed by atoms with Gasteiger partial charge in [0, 0.05) is 25.5 Å². The van der Waals surface area contributed by atoms with Crippen molar-refractivity contribution in [3.05, 3.63) is 24.3 Å². The predicted molar refractivity (Wildman–Crippen MR) is 163 cm³/mol. The van der Waals surface area contributed by atoms with Crippen molar-refractivity contribution in [2.45, 2.75) is 109 Å². The fourth-order valence-corrected chi connectivity index (χ4v) is 7.59. The zero-order chi connectivity index (χ0) is 31.4. The molecule has 6 atom stereocenters. The van der Waals surface area contributed by atoms with Crippen LogP contribution in [0.2, 0.25) is 0 Å². The average molecular weight is 611 g/mol. The van der Waals surface area contributed by atoms with E-state index >= 15 is 0 Å². The van der Waals surface area contributed by atoms with Crippen LogP contribution < -0.4 is 16.0 Å². The first kappa shape index (κ1) is 32.3. The molecule has 1 aromatic rings. The number of nitrogens with zero attached hydrogens (tertiary/aromatic N) is 3. The Labute approximate surface area is 260 Å². The average Bonchev–Trinajstić information content (AvgIpc) is 3.61. The highest BCUT2D eigenvalue weighted by atomic mass is 16.5. The van der Waals surface area contributed by atoms with Gasteiger partial charge in [0.15, 0.2) is 0 Å². The smallest absolute Gasteiger partial charge is 0.426 e. The van der Waals surface area contributed by atoms with Gasteiger partial charge < -0.3 is 30.5 Å². The number of nitrogens with one attached hydrogen (secondary N) is 3. The largest absolute Gasteiger partial charge is 0.478 e. The lowest BCUT2D eigenvalue weighted by Gasteiger charge is -2.38. The van der Waals surface area contributed by atoms with E-state index in [1.165, 1.54) is 18.6 Å². The van der Waals surface area contributed by atoms with Crippen LogP contribution in [0.15, 0.2) is 18.6 Å². The number of hydrogen-bond donors (Lipinski definition) is 4. The summed E-state index contributed by atoms with van der Waals surface area (Å²) in [6.45, 7) is 6.57. The molecule has 1 aromatic heterocycles. The quantitative estimate of drug-likeness (QED) is 0.323. The summed E-state index contributed by atoms with van der Waals surface area (Å²) in [5.74, 6) is -1.85. The molecule has 2 aliphatic heterocycles. The van der Waals surface area contributed by atoms with Gasteiger partial charge in [0.1, 0.15) is 23.8 Å². The fourth-order valence-electron chi connectivity index (χ4n) is 7.59. The Morgan fingerprint density at radius 1 is 1.00 bits per heavy atom. The molecule has 4 amide bonds. The van der Waals surface area contributed by atoms with E-state index in [-0.39, 0.29) is 35.3 Å². The standard InChI is InChI=1S/C31H47BN6O6/c1-31(2,3)26(37-28(40)24(19-9-5-4-6-10-19)36-27(39)22-17-33-14-15-34-22)30(42)38-18-20-11-7-12-21(20)25(38)29(41)35-23-13-8-16-44-32(23)43/h14-15,17,19-21,23-26,43H,4-13,16,18H2,1-3H3,(H,35,41)(H,36,39)(H,37,40)/t20-,21-,23?,24?,25-,26+/m0/s1. The van der Waals surface area contributed by atoms with Gasteiger partial charge in [-0.1, -0.05) is 46.5 Å². The monoisotopic (exact) mass is 610 g/mol. The van der Waals surface area contributed by atoms with E-state index in [1.807, 2.05) is 20.8 Å². The van der Waals surface area contributed by atoms with Crippen molar-refractivity contribution in [2.75, 3.05) is 13.2 Å². The lowest BCUT2D eigenvalue weighted by Crippen LogP contribution is -2.62. The third-order valence-corrected chi connectivity index (χ3v) is 9.95. The van der Waals surface area contributed by atoms with Crippen LogP contribution in [0.5, 0.6) is 0 Å². The molecule has 2 saturated carbocycles. The summed E-state index contributed by atoms with van der Waals surface area (Å²) in [5, 5.41) is 19.2. The number of amides is 4. The molecule has 2 aliphatic carbocycles. The van der Waals surface area contributed by atoms with Crippen LogP contribution in [0.3, 0.4) is 0 Å². The van der Waals surface area contributed by atoms with E-state index in [4.69, 9.17) is 4.65 Å². The molecule has 5 rings (SSSR count). The molecule has 3 heterocycles. The zero-order valence-electron chi connectivity index (χ0n) is 26.2. The van der Waals surface area contributed by atoms with Crippen molar-refractivity contribution >= 4 is 30.7 Å². The van der Waals surface area contributed by atoms with Gasteiger partial charge in [-0.05, 0) is 61.7 Å². The topological polar surface area (TPSA) is 163 Å². The number of carbonyl (C=O) groups excluding carboxylic acids is 4. The summed E-state index contributed by atoms with van der Waals surface area (Å²) < 4.78 is 5.35. The van der Waals surface area contributed by atoms with Crippen LogP contribution in [-0.4, -0.2) is 87.9 Å². The second kappa shape index (κ2) is 13.9. The molecule has 0 aromatic carbocycles. The SMILES string of the molecule is CC(C)(C)[C@H](NC(=O)C(NC(=O)c1cnccn1)C1CCCCC1)C(=O)N1C[C@@H]2CCC[C@@H]2[C@H]1C(=O)NC1CCCOB1O. The van der Waals surface area contributed by atoms with Crippen molar-refractivity contribution in [2.24, 2.45) is 23.2 Å². The first-order chi connectivity index (χ1) is 21.0. The molecule has 4 fully saturated rings. The Bertz CT molecular complexity index is 1190. The molecule has 0 spiro atoms. The summed E-state index contributed by atoms with van der Waals surface area (Å²) in [6.07, 6.45) is 13.0. The number of likely N-dealkylation sites (tertiary alicyclic amines) is 1. The minimum atomic E-state index is -1.08. The van der Waals surface area contributed by atoms with Crippen molar-refractivity contribution in [1.82, 2.24) is 30.8 Å². The Balaban J connectivity index is 1.36. The summed E-state index contributed by atoms with van der Waals surface area (Å²) >= 11 is 0. The van der Waals surface area contributed by atoms with E-state index in [0.29, 0.717) is 19.6 Å². The van der Waals surface area contributed by atoms with Gasteiger partial charge in [-0.2, -0.15) is 0 Å². The predicted octanol–water partition coefficient (Wildman–Crippen LogP) is 1.63. The number of aromatic nitrogens is 2. The molecule has 12 nitrogen and oxygen atoms in total. The maximum absolute atomic E-state index is 14.4. The van der Waals surface area contributed by atoms with Gasteiger partial charge in [0.2, 0.25) is 17.7 Å². The van der Waals surface area contributed by atoms with Gasteiger partial charge in [-0.15, -0.1) is 0 Å². The van der Waals surface area contributed by atoms with Crippen LogP contribution in [0.25, 0.3) is 0 Å². The van der Waals surface area contributed by atoms with Gasteiger partial charge >= 0.3 is 7.12 Å². The summed E-state index contributed by atoms with van der Waals surface area (Å²) in [7, 11) is -1.08. The summed E-state index contributed by atoms with van der Waals surface area (Å²) in [6, 6.07) is -2.45. The number of fused-ring (bicyclic) bond motifs is 1. The number of rotatable bonds is 8. The van der Waals surface area contributed by atoms with Gasteiger partial charge in [-0.3, -0.25) is 24.2 Å². The molecule has 4 aliphatic rings. The summed E-state index contributed by atoms with van der Waals surface area (Å²) in [4.78, 5) is 65.1. The second-order valence-corrected chi connectivity index (χ2v) is 14.1. The molecular weight excluding hydrogens is 563 g/mol. The number of carbonyl (C=O) groups is 4. The Kier molecular flexibility index (Phi) is 10.2. The maximum Gasteiger partial charge on any atom is 0.478 e. The molecule has 2 unspecified atom stereocenters. The van der Waals surface area contributed by atoms with Crippen LogP contribution in [0.4, 0.5) is 0 Å². The molecule has 0 radical (unpaired) electrons. The first-order valence-electron chi connectivity index (χ1n) is 16.3. The van der Waals surface area contributed by atoms with Crippen molar-refractivity contribution in [3.8, 4) is 0 Å². The molecular formula is C31H47BN6O6. The Morgan fingerprint density at radius 3 is 2.45 bits per heavy atom. The molecule has 0 bridgehead atoms. The molecule has 240 valence electrons. The van der Waals surface area contributed by atoms with E-state index in [1.54, 1.807) is 4.90 Å². The minimum Gasteiger partial charge on any atom is -0.426 e. The molecule has 44 heavy (non-hydrogen) atoms. The zero-order valence-corrected chi connectivity index (χ0v) is 26.2. The lowest BCUT2D eigenvalue weighted by atomic mass is 9.74. The van der Waals surface area contributed by atoms with Crippen molar-refractivity contribution in [3.63, 3.8) is 0 Å². The van der Waals surface area contributed by atoms with E-state index in [0.717, 1.165) is 57.8 Å². The van der Waals surface area contributed by atoms with Gasteiger partial charge in [-0.25, -0.2) is 4.98 Å². The van der Waals surface area contributed by atoms with E-state index in [9.17, 15) is 24.2 Å². The molecule has 2 saturated heterocycles. The highest BCUT2D eigenvalue weighted by molar-refractivity contribution is 6.45. The van der Waals surface area contributed by atoms with Gasteiger partial charge in [0.25, 0.3) is 5.91 Å². The van der Waals surface area contributed by atoms with Crippen LogP contribution in [0.1, 0.15) is 95.5 Å². The fraction of sp³-hybridized carbons (Fsp3) is 0.742. The third-order valence-electron chi connectivity index (χ3n) is 9.95. The molecule has 13 heteroatoms. The van der Waals surface area contributed by atoms with Crippen LogP contribution in [-0.2, 0) is 19.0 Å². The van der Waals surface area contributed by atoms with Crippen LogP contribution >= 0.6 is 0 Å². The summed E-state index contributed by atoms with van der Waals surface area (Å²) in [5.41, 5.74) is -0.555. The highest BCUT2D eigenvalue weighted by Crippen LogP contribution is 2.43. The van der Waals surface area contributed by atoms with E-state index in [2.05, 4.69) is 25.9 Å². The van der Waals surface area contributed by atoms with Crippen molar-refractivity contribution in [1.29, 1.82) is 0 Å². The maximum atomic E-state index is 14.4. The number of hydrogen-bond acceptors (Lipinski definition) is 8. The Hall–Kier alpha value is -3.06.